The Labute approximate surface area is 164 Å². The SMILES string of the molecule is O=C(CCCOc1ccc(Cl)cc1Cl)Nc1cccc(-c2noc(=O)[nH]2)c1. The molecule has 0 fully saturated rings. The van der Waals surface area contributed by atoms with Gasteiger partial charge in [0.15, 0.2) is 5.82 Å². The number of amides is 1. The van der Waals surface area contributed by atoms with Gasteiger partial charge in [-0.15, -0.1) is 0 Å². The van der Waals surface area contributed by atoms with Crippen molar-refractivity contribution >= 4 is 34.8 Å². The van der Waals surface area contributed by atoms with Gasteiger partial charge in [0.1, 0.15) is 5.75 Å². The first-order valence-electron chi connectivity index (χ1n) is 8.05. The van der Waals surface area contributed by atoms with Crippen LogP contribution in [0.2, 0.25) is 10.0 Å². The second kappa shape index (κ2) is 8.75. The molecule has 0 unspecified atom stereocenters. The summed E-state index contributed by atoms with van der Waals surface area (Å²) < 4.78 is 10.0. The number of halogens is 2. The van der Waals surface area contributed by atoms with E-state index >= 15 is 0 Å². The number of benzene rings is 2. The first kappa shape index (κ1) is 19.0. The molecule has 3 aromatic rings. The van der Waals surface area contributed by atoms with E-state index in [2.05, 4.69) is 20.0 Å². The van der Waals surface area contributed by atoms with E-state index in [9.17, 15) is 9.59 Å². The molecule has 1 heterocycles. The molecule has 0 spiro atoms. The van der Waals surface area contributed by atoms with Crippen molar-refractivity contribution < 1.29 is 14.1 Å². The van der Waals surface area contributed by atoms with Gasteiger partial charge in [-0.25, -0.2) is 4.79 Å². The summed E-state index contributed by atoms with van der Waals surface area (Å²) in [6.45, 7) is 0.342. The van der Waals surface area contributed by atoms with Crippen LogP contribution in [0.3, 0.4) is 0 Å². The quantitative estimate of drug-likeness (QED) is 0.573. The molecule has 0 bridgehead atoms. The van der Waals surface area contributed by atoms with E-state index in [-0.39, 0.29) is 12.3 Å². The predicted molar refractivity (Wildman–Crippen MR) is 102 cm³/mol. The Kier molecular flexibility index (Phi) is 6.16. The minimum absolute atomic E-state index is 0.161. The highest BCUT2D eigenvalue weighted by molar-refractivity contribution is 6.35. The Morgan fingerprint density at radius 1 is 1.22 bits per heavy atom. The second-order valence-electron chi connectivity index (χ2n) is 5.60. The summed E-state index contributed by atoms with van der Waals surface area (Å²) >= 11 is 11.9. The van der Waals surface area contributed by atoms with Crippen LogP contribution in [-0.4, -0.2) is 22.7 Å². The van der Waals surface area contributed by atoms with Gasteiger partial charge in [-0.2, -0.15) is 0 Å². The first-order chi connectivity index (χ1) is 13.0. The fourth-order valence-corrected chi connectivity index (χ4v) is 2.79. The van der Waals surface area contributed by atoms with E-state index in [0.29, 0.717) is 45.9 Å². The molecule has 0 radical (unpaired) electrons. The number of nitrogens with zero attached hydrogens (tertiary/aromatic N) is 1. The van der Waals surface area contributed by atoms with Crippen LogP contribution in [0.4, 0.5) is 5.69 Å². The van der Waals surface area contributed by atoms with E-state index in [1.54, 1.807) is 42.5 Å². The number of nitrogens with one attached hydrogen (secondary N) is 2. The number of hydrogen-bond acceptors (Lipinski definition) is 5. The third kappa shape index (κ3) is 5.35. The van der Waals surface area contributed by atoms with Crippen LogP contribution < -0.4 is 15.8 Å². The minimum Gasteiger partial charge on any atom is -0.492 e. The normalized spacial score (nSPS) is 10.6. The number of hydrogen-bond donors (Lipinski definition) is 2. The van der Waals surface area contributed by atoms with Crippen molar-refractivity contribution in [1.82, 2.24) is 10.1 Å². The molecular weight excluding hydrogens is 393 g/mol. The van der Waals surface area contributed by atoms with Crippen molar-refractivity contribution in [1.29, 1.82) is 0 Å². The van der Waals surface area contributed by atoms with E-state index in [4.69, 9.17) is 27.9 Å². The summed E-state index contributed by atoms with van der Waals surface area (Å²) in [5, 5.41) is 7.36. The zero-order valence-electron chi connectivity index (χ0n) is 14.0. The van der Waals surface area contributed by atoms with Gasteiger partial charge in [-0.1, -0.05) is 40.5 Å². The summed E-state index contributed by atoms with van der Waals surface area (Å²) in [5.41, 5.74) is 1.21. The Bertz CT molecular complexity index is 1000. The average Bonchev–Trinajstić information content (AvgIpc) is 3.07. The highest BCUT2D eigenvalue weighted by Gasteiger charge is 2.08. The standard InChI is InChI=1S/C18H15Cl2N3O4/c19-12-6-7-15(14(20)10-12)26-8-2-5-16(24)21-13-4-1-3-11(9-13)17-22-18(25)27-23-17/h1,3-4,6-7,9-10H,2,5,8H2,(H,21,24)(H,22,23,25). The molecule has 140 valence electrons. The third-order valence-corrected chi connectivity index (χ3v) is 4.09. The number of rotatable bonds is 7. The number of ether oxygens (including phenoxy) is 1. The lowest BCUT2D eigenvalue weighted by atomic mass is 10.2. The third-order valence-electron chi connectivity index (χ3n) is 3.56. The number of carbonyl (C=O) groups excluding carboxylic acids is 1. The highest BCUT2D eigenvalue weighted by Crippen LogP contribution is 2.27. The number of carbonyl (C=O) groups is 1. The van der Waals surface area contributed by atoms with Crippen LogP contribution in [0.5, 0.6) is 5.75 Å². The van der Waals surface area contributed by atoms with Crippen LogP contribution in [-0.2, 0) is 4.79 Å². The maximum atomic E-state index is 12.1. The smallest absolute Gasteiger partial charge is 0.439 e. The molecule has 7 nitrogen and oxygen atoms in total. The summed E-state index contributed by atoms with van der Waals surface area (Å²) in [5.74, 6) is 0.0203. The Morgan fingerprint density at radius 3 is 2.81 bits per heavy atom. The van der Waals surface area contributed by atoms with Crippen molar-refractivity contribution in [2.75, 3.05) is 11.9 Å². The molecule has 0 aliphatic carbocycles. The number of anilines is 1. The molecule has 0 atom stereocenters. The summed E-state index contributed by atoms with van der Waals surface area (Å²) in [4.78, 5) is 25.6. The van der Waals surface area contributed by atoms with E-state index in [1.807, 2.05) is 0 Å². The molecule has 9 heteroatoms. The lowest BCUT2D eigenvalue weighted by Crippen LogP contribution is -2.13. The van der Waals surface area contributed by atoms with Crippen molar-refractivity contribution in [3.05, 3.63) is 63.1 Å². The van der Waals surface area contributed by atoms with Crippen LogP contribution in [0, 0.1) is 0 Å². The topological polar surface area (TPSA) is 97.2 Å². The lowest BCUT2D eigenvalue weighted by Gasteiger charge is -2.09. The molecular formula is C18H15Cl2N3O4. The molecule has 0 aliphatic rings. The van der Waals surface area contributed by atoms with E-state index < -0.39 is 5.76 Å². The van der Waals surface area contributed by atoms with Crippen molar-refractivity contribution in [3.63, 3.8) is 0 Å². The van der Waals surface area contributed by atoms with Crippen molar-refractivity contribution in [2.45, 2.75) is 12.8 Å². The van der Waals surface area contributed by atoms with Crippen LogP contribution in [0.25, 0.3) is 11.4 Å². The zero-order valence-corrected chi connectivity index (χ0v) is 15.5. The fraction of sp³-hybridized carbons (Fsp3) is 0.167. The van der Waals surface area contributed by atoms with E-state index in [1.165, 1.54) is 0 Å². The molecule has 3 rings (SSSR count). The minimum atomic E-state index is -0.639. The van der Waals surface area contributed by atoms with Gasteiger partial charge in [0, 0.05) is 22.7 Å². The Hall–Kier alpha value is -2.77. The van der Waals surface area contributed by atoms with Crippen LogP contribution >= 0.6 is 23.2 Å². The van der Waals surface area contributed by atoms with Gasteiger partial charge in [0.05, 0.1) is 11.6 Å². The van der Waals surface area contributed by atoms with E-state index in [0.717, 1.165) is 0 Å². The summed E-state index contributed by atoms with van der Waals surface area (Å²) in [6.07, 6.45) is 0.789. The lowest BCUT2D eigenvalue weighted by molar-refractivity contribution is -0.116. The first-order valence-corrected chi connectivity index (χ1v) is 8.81. The molecule has 2 aromatic carbocycles. The maximum Gasteiger partial charge on any atom is 0.439 e. The molecule has 1 amide bonds. The molecule has 1 aromatic heterocycles. The fourth-order valence-electron chi connectivity index (χ4n) is 2.33. The average molecular weight is 408 g/mol. The summed E-state index contributed by atoms with van der Waals surface area (Å²) in [6, 6.07) is 11.9. The zero-order chi connectivity index (χ0) is 19.2. The van der Waals surface area contributed by atoms with Gasteiger partial charge < -0.3 is 10.1 Å². The van der Waals surface area contributed by atoms with Crippen molar-refractivity contribution in [3.8, 4) is 17.1 Å². The molecule has 0 saturated carbocycles. The van der Waals surface area contributed by atoms with Crippen LogP contribution in [0.1, 0.15) is 12.8 Å². The molecule has 0 saturated heterocycles. The molecule has 2 N–H and O–H groups in total. The highest BCUT2D eigenvalue weighted by atomic mass is 35.5. The van der Waals surface area contributed by atoms with Crippen LogP contribution in [0.15, 0.2) is 51.8 Å². The van der Waals surface area contributed by atoms with Gasteiger partial charge in [-0.05, 0) is 36.8 Å². The number of H-pyrrole nitrogens is 1. The van der Waals surface area contributed by atoms with Gasteiger partial charge in [0.25, 0.3) is 0 Å². The number of aromatic nitrogens is 2. The molecule has 0 aliphatic heterocycles. The number of aromatic amines is 1. The Balaban J connectivity index is 1.49. The second-order valence-corrected chi connectivity index (χ2v) is 6.44. The van der Waals surface area contributed by atoms with Gasteiger partial charge in [-0.3, -0.25) is 14.3 Å². The molecule has 27 heavy (non-hydrogen) atoms. The Morgan fingerprint density at radius 2 is 2.07 bits per heavy atom. The van der Waals surface area contributed by atoms with Gasteiger partial charge in [0.2, 0.25) is 5.91 Å². The maximum absolute atomic E-state index is 12.1. The van der Waals surface area contributed by atoms with Crippen molar-refractivity contribution in [2.24, 2.45) is 0 Å². The monoisotopic (exact) mass is 407 g/mol. The largest absolute Gasteiger partial charge is 0.492 e. The predicted octanol–water partition coefficient (Wildman–Crippen LogP) is 4.13. The summed E-state index contributed by atoms with van der Waals surface area (Å²) in [7, 11) is 0. The van der Waals surface area contributed by atoms with Gasteiger partial charge >= 0.3 is 5.76 Å².